The van der Waals surface area contributed by atoms with E-state index in [9.17, 15) is 0 Å². The second-order valence-corrected chi connectivity index (χ2v) is 6.92. The van der Waals surface area contributed by atoms with Gasteiger partial charge < -0.3 is 15.4 Å². The van der Waals surface area contributed by atoms with Crippen LogP contribution < -0.4 is 10.6 Å². The first-order valence-electron chi connectivity index (χ1n) is 8.98. The Morgan fingerprint density at radius 1 is 1.27 bits per heavy atom. The maximum Gasteiger partial charge on any atom is 0.191 e. The zero-order valence-electron chi connectivity index (χ0n) is 14.1. The Morgan fingerprint density at radius 2 is 2.09 bits per heavy atom. The number of guanidine groups is 1. The number of hydrogen-bond donors (Lipinski definition) is 2. The van der Waals surface area contributed by atoms with Crippen molar-refractivity contribution in [3.63, 3.8) is 0 Å². The topological polar surface area (TPSA) is 45.7 Å². The third-order valence-corrected chi connectivity index (χ3v) is 5.70. The van der Waals surface area contributed by atoms with Gasteiger partial charge in [-0.2, -0.15) is 0 Å². The molecule has 2 aliphatic carbocycles. The summed E-state index contributed by atoms with van der Waals surface area (Å²) in [4.78, 5) is 4.76. The number of fused-ring (bicyclic) bond motifs is 2. The van der Waals surface area contributed by atoms with E-state index in [4.69, 9.17) is 9.73 Å². The Bertz CT molecular complexity index is 384. The fourth-order valence-corrected chi connectivity index (χ4v) is 4.48. The van der Waals surface area contributed by atoms with Crippen LogP contribution >= 0.6 is 24.0 Å². The van der Waals surface area contributed by atoms with E-state index in [-0.39, 0.29) is 24.0 Å². The van der Waals surface area contributed by atoms with E-state index < -0.39 is 0 Å². The fourth-order valence-electron chi connectivity index (χ4n) is 4.48. The minimum Gasteiger partial charge on any atom is -0.377 e. The van der Waals surface area contributed by atoms with Gasteiger partial charge >= 0.3 is 0 Å². The second-order valence-electron chi connectivity index (χ2n) is 6.92. The molecule has 2 N–H and O–H groups in total. The lowest BCUT2D eigenvalue weighted by atomic mass is 9.46. The fraction of sp³-hybridized carbons (Fsp3) is 0.941. The highest BCUT2D eigenvalue weighted by Crippen LogP contribution is 2.62. The first-order valence-corrected chi connectivity index (χ1v) is 8.98. The molecule has 3 aliphatic rings. The zero-order valence-corrected chi connectivity index (χ0v) is 16.4. The maximum atomic E-state index is 5.99. The number of nitrogens with zero attached hydrogens (tertiary/aromatic N) is 1. The van der Waals surface area contributed by atoms with Crippen LogP contribution in [0.5, 0.6) is 0 Å². The van der Waals surface area contributed by atoms with Crippen molar-refractivity contribution in [3.8, 4) is 0 Å². The van der Waals surface area contributed by atoms with Gasteiger partial charge in [0.2, 0.25) is 0 Å². The van der Waals surface area contributed by atoms with Gasteiger partial charge in [-0.3, -0.25) is 4.99 Å². The first-order chi connectivity index (χ1) is 10.3. The summed E-state index contributed by atoms with van der Waals surface area (Å²) in [5.74, 6) is 1.74. The van der Waals surface area contributed by atoms with Gasteiger partial charge in [0.25, 0.3) is 0 Å². The first kappa shape index (κ1) is 18.3. The summed E-state index contributed by atoms with van der Waals surface area (Å²) >= 11 is 0. The molecule has 1 heterocycles. The van der Waals surface area contributed by atoms with Gasteiger partial charge in [-0.05, 0) is 32.6 Å². The summed E-state index contributed by atoms with van der Waals surface area (Å²) in [5.41, 5.74) is 0.431. The molecule has 0 radical (unpaired) electrons. The molecule has 1 aliphatic heterocycles. The third kappa shape index (κ3) is 3.25. The molecule has 3 fully saturated rings. The second kappa shape index (κ2) is 8.18. The molecule has 3 unspecified atom stereocenters. The maximum absolute atomic E-state index is 5.99. The predicted molar refractivity (Wildman–Crippen MR) is 102 cm³/mol. The van der Waals surface area contributed by atoms with Gasteiger partial charge in [0, 0.05) is 37.1 Å². The Labute approximate surface area is 152 Å². The number of nitrogens with one attached hydrogen (secondary N) is 2. The van der Waals surface area contributed by atoms with Crippen molar-refractivity contribution in [1.82, 2.24) is 10.6 Å². The van der Waals surface area contributed by atoms with E-state index in [1.165, 1.54) is 44.9 Å². The standard InChI is InChI=1S/C17H31N3O.HI/c1-3-5-6-11-19-16(18-4-2)20-14-13-8-12-21-15(13)17(14)9-7-10-17;/h13-15H,3-12H2,1-2H3,(H2,18,19,20);1H. The highest BCUT2D eigenvalue weighted by molar-refractivity contribution is 14.0. The molecular formula is C17H32IN3O. The summed E-state index contributed by atoms with van der Waals surface area (Å²) < 4.78 is 5.99. The number of halogens is 1. The number of rotatable bonds is 6. The number of unbranched alkanes of at least 4 members (excludes halogenated alkanes) is 2. The van der Waals surface area contributed by atoms with E-state index in [0.717, 1.165) is 25.7 Å². The monoisotopic (exact) mass is 421 g/mol. The lowest BCUT2D eigenvalue weighted by Crippen LogP contribution is -2.72. The van der Waals surface area contributed by atoms with E-state index >= 15 is 0 Å². The van der Waals surface area contributed by atoms with Crippen LogP contribution in [0.4, 0.5) is 0 Å². The average Bonchev–Trinajstić information content (AvgIpc) is 2.84. The minimum atomic E-state index is 0. The highest BCUT2D eigenvalue weighted by Gasteiger charge is 2.66. The molecule has 4 nitrogen and oxygen atoms in total. The largest absolute Gasteiger partial charge is 0.377 e. The molecule has 2 saturated carbocycles. The lowest BCUT2D eigenvalue weighted by Gasteiger charge is -2.63. The van der Waals surface area contributed by atoms with Crippen molar-refractivity contribution < 1.29 is 4.74 Å². The number of ether oxygens (including phenoxy) is 1. The van der Waals surface area contributed by atoms with Crippen LogP contribution in [0.25, 0.3) is 0 Å². The Kier molecular flexibility index (Phi) is 6.80. The predicted octanol–water partition coefficient (Wildman–Crippen LogP) is 3.31. The van der Waals surface area contributed by atoms with E-state index in [1.807, 2.05) is 0 Å². The van der Waals surface area contributed by atoms with Crippen molar-refractivity contribution >= 4 is 29.9 Å². The van der Waals surface area contributed by atoms with E-state index in [0.29, 0.717) is 23.5 Å². The summed E-state index contributed by atoms with van der Waals surface area (Å²) in [6, 6.07) is 0.586. The highest BCUT2D eigenvalue weighted by atomic mass is 127. The van der Waals surface area contributed by atoms with Gasteiger partial charge in [-0.1, -0.05) is 26.2 Å². The average molecular weight is 421 g/mol. The van der Waals surface area contributed by atoms with Gasteiger partial charge in [0.1, 0.15) is 0 Å². The van der Waals surface area contributed by atoms with E-state index in [2.05, 4.69) is 24.5 Å². The summed E-state index contributed by atoms with van der Waals surface area (Å²) in [6.45, 7) is 7.21. The molecule has 0 aromatic rings. The van der Waals surface area contributed by atoms with Crippen LogP contribution in [0.15, 0.2) is 4.99 Å². The van der Waals surface area contributed by atoms with E-state index in [1.54, 1.807) is 0 Å². The van der Waals surface area contributed by atoms with Crippen LogP contribution in [-0.2, 0) is 4.74 Å². The molecule has 0 bridgehead atoms. The molecule has 0 aromatic carbocycles. The van der Waals surface area contributed by atoms with Crippen LogP contribution in [0.2, 0.25) is 0 Å². The van der Waals surface area contributed by atoms with Crippen molar-refractivity contribution in [2.45, 2.75) is 70.9 Å². The molecule has 1 spiro atoms. The van der Waals surface area contributed by atoms with Crippen molar-refractivity contribution in [2.75, 3.05) is 19.7 Å². The Hall–Kier alpha value is -0.0400. The number of aliphatic imine (C=N–C) groups is 1. The van der Waals surface area contributed by atoms with Gasteiger partial charge in [-0.15, -0.1) is 24.0 Å². The van der Waals surface area contributed by atoms with Crippen LogP contribution in [0.1, 0.15) is 58.8 Å². The molecule has 128 valence electrons. The molecule has 5 heteroatoms. The summed E-state index contributed by atoms with van der Waals surface area (Å²) in [6.07, 6.45) is 9.52. The van der Waals surface area contributed by atoms with Crippen molar-refractivity contribution in [1.29, 1.82) is 0 Å². The zero-order chi connectivity index (χ0) is 14.7. The lowest BCUT2D eigenvalue weighted by molar-refractivity contribution is -0.171. The summed E-state index contributed by atoms with van der Waals surface area (Å²) in [5, 5.41) is 7.18. The quantitative estimate of drug-likeness (QED) is 0.300. The van der Waals surface area contributed by atoms with Crippen LogP contribution in [-0.4, -0.2) is 37.8 Å². The van der Waals surface area contributed by atoms with Gasteiger partial charge in [-0.25, -0.2) is 0 Å². The van der Waals surface area contributed by atoms with Crippen LogP contribution in [0.3, 0.4) is 0 Å². The Morgan fingerprint density at radius 3 is 2.73 bits per heavy atom. The minimum absolute atomic E-state index is 0. The molecule has 0 amide bonds. The number of hydrogen-bond acceptors (Lipinski definition) is 2. The van der Waals surface area contributed by atoms with Crippen molar-refractivity contribution in [3.05, 3.63) is 0 Å². The summed E-state index contributed by atoms with van der Waals surface area (Å²) in [7, 11) is 0. The third-order valence-electron chi connectivity index (χ3n) is 5.70. The van der Waals surface area contributed by atoms with Crippen molar-refractivity contribution in [2.24, 2.45) is 16.3 Å². The van der Waals surface area contributed by atoms with Gasteiger partial charge in [0.05, 0.1) is 6.10 Å². The smallest absolute Gasteiger partial charge is 0.191 e. The molecule has 3 rings (SSSR count). The molecule has 3 atom stereocenters. The molecule has 1 saturated heterocycles. The normalized spacial score (nSPS) is 31.7. The van der Waals surface area contributed by atoms with Gasteiger partial charge in [0.15, 0.2) is 5.96 Å². The molecule has 0 aromatic heterocycles. The molecule has 22 heavy (non-hydrogen) atoms. The molecular weight excluding hydrogens is 389 g/mol. The van der Waals surface area contributed by atoms with Crippen LogP contribution in [0, 0.1) is 11.3 Å². The SMILES string of the molecule is CCCCCN=C(NCC)NC1C2CCOC2C12CCC2.I. The Balaban J connectivity index is 0.00000176.